The average Bonchev–Trinajstić information content (AvgIpc) is 2.86. The lowest BCUT2D eigenvalue weighted by Gasteiger charge is -2.32. The quantitative estimate of drug-likeness (QED) is 0.333. The van der Waals surface area contributed by atoms with Crippen molar-refractivity contribution in [3.8, 4) is 0 Å². The van der Waals surface area contributed by atoms with Crippen molar-refractivity contribution < 1.29 is 9.59 Å². The number of carbonyl (C=O) groups excluding carboxylic acids is 2. The van der Waals surface area contributed by atoms with E-state index in [0.29, 0.717) is 31.2 Å². The van der Waals surface area contributed by atoms with Crippen LogP contribution in [-0.2, 0) is 28.3 Å². The van der Waals surface area contributed by atoms with E-state index in [1.165, 1.54) is 11.1 Å². The van der Waals surface area contributed by atoms with Gasteiger partial charge in [0.15, 0.2) is 0 Å². The van der Waals surface area contributed by atoms with E-state index in [-0.39, 0.29) is 11.8 Å². The van der Waals surface area contributed by atoms with E-state index in [1.54, 1.807) is 16.7 Å². The molecule has 5 heteroatoms. The number of nitrogens with one attached hydrogen (secondary N) is 1. The Balaban J connectivity index is 1.83. The molecule has 3 rings (SSSR count). The molecule has 0 aromatic heterocycles. The maximum atomic E-state index is 13.7. The Morgan fingerprint density at radius 1 is 0.833 bits per heavy atom. The number of carbonyl (C=O) groups is 2. The van der Waals surface area contributed by atoms with Crippen molar-refractivity contribution >= 4 is 23.6 Å². The fourth-order valence-corrected chi connectivity index (χ4v) is 4.88. The second-order valence-electron chi connectivity index (χ2n) is 9.83. The van der Waals surface area contributed by atoms with Gasteiger partial charge in [-0.3, -0.25) is 9.59 Å². The van der Waals surface area contributed by atoms with Crippen LogP contribution >= 0.6 is 11.8 Å². The molecule has 0 saturated carbocycles. The van der Waals surface area contributed by atoms with Crippen molar-refractivity contribution in [2.24, 2.45) is 5.92 Å². The van der Waals surface area contributed by atoms with Gasteiger partial charge in [0.1, 0.15) is 6.04 Å². The van der Waals surface area contributed by atoms with Gasteiger partial charge in [0.25, 0.3) is 0 Å². The van der Waals surface area contributed by atoms with Gasteiger partial charge in [0, 0.05) is 25.3 Å². The first-order chi connectivity index (χ1) is 17.3. The van der Waals surface area contributed by atoms with Gasteiger partial charge in [0.05, 0.1) is 5.75 Å². The van der Waals surface area contributed by atoms with Gasteiger partial charge in [-0.2, -0.15) is 0 Å². The summed E-state index contributed by atoms with van der Waals surface area (Å²) in [5.41, 5.74) is 5.62. The van der Waals surface area contributed by atoms with E-state index in [0.717, 1.165) is 22.4 Å². The van der Waals surface area contributed by atoms with Crippen molar-refractivity contribution in [2.45, 2.75) is 52.5 Å². The van der Waals surface area contributed by atoms with Crippen molar-refractivity contribution in [2.75, 3.05) is 12.3 Å². The minimum atomic E-state index is -0.584. The van der Waals surface area contributed by atoms with E-state index >= 15 is 0 Å². The molecule has 0 radical (unpaired) electrons. The SMILES string of the molecule is Cc1ccc(CSCC(=O)N(Cc2cccc(C)c2)[C@H](Cc2ccccc2)C(=O)NCC(C)C)cc1. The average molecular weight is 503 g/mol. The van der Waals surface area contributed by atoms with Gasteiger partial charge in [-0.25, -0.2) is 0 Å². The number of hydrogen-bond acceptors (Lipinski definition) is 3. The van der Waals surface area contributed by atoms with Crippen LogP contribution in [0.15, 0.2) is 78.9 Å². The minimum Gasteiger partial charge on any atom is -0.354 e. The van der Waals surface area contributed by atoms with E-state index in [1.807, 2.05) is 55.5 Å². The third-order valence-electron chi connectivity index (χ3n) is 6.01. The Labute approximate surface area is 220 Å². The summed E-state index contributed by atoms with van der Waals surface area (Å²) >= 11 is 1.59. The molecule has 1 atom stereocenters. The Morgan fingerprint density at radius 2 is 1.53 bits per heavy atom. The molecule has 36 heavy (non-hydrogen) atoms. The smallest absolute Gasteiger partial charge is 0.243 e. The predicted octanol–water partition coefficient (Wildman–Crippen LogP) is 5.95. The molecule has 0 bridgehead atoms. The zero-order valence-electron chi connectivity index (χ0n) is 21.9. The molecule has 0 unspecified atom stereocenters. The van der Waals surface area contributed by atoms with Gasteiger partial charge in [0.2, 0.25) is 11.8 Å². The standard InChI is InChI=1S/C31H38N2O2S/c1-23(2)19-32-31(35)29(18-26-10-6-5-7-11-26)33(20-28-12-8-9-25(4)17-28)30(34)22-36-21-27-15-13-24(3)14-16-27/h5-17,23,29H,18-22H2,1-4H3,(H,32,35)/t29-/m1/s1. The molecule has 190 valence electrons. The molecule has 0 spiro atoms. The summed E-state index contributed by atoms with van der Waals surface area (Å²) in [7, 11) is 0. The van der Waals surface area contributed by atoms with E-state index in [2.05, 4.69) is 56.4 Å². The van der Waals surface area contributed by atoms with Gasteiger partial charge in [-0.15, -0.1) is 11.8 Å². The monoisotopic (exact) mass is 502 g/mol. The lowest BCUT2D eigenvalue weighted by molar-refractivity contribution is -0.139. The van der Waals surface area contributed by atoms with Crippen LogP contribution in [0.25, 0.3) is 0 Å². The third-order valence-corrected chi connectivity index (χ3v) is 6.99. The fourth-order valence-electron chi connectivity index (χ4n) is 4.01. The van der Waals surface area contributed by atoms with Crippen molar-refractivity contribution in [3.05, 3.63) is 107 Å². The van der Waals surface area contributed by atoms with Crippen LogP contribution in [0.2, 0.25) is 0 Å². The zero-order chi connectivity index (χ0) is 25.9. The predicted molar refractivity (Wildman–Crippen MR) is 151 cm³/mol. The summed E-state index contributed by atoms with van der Waals surface area (Å²) in [6.45, 7) is 9.25. The van der Waals surface area contributed by atoms with Gasteiger partial charge >= 0.3 is 0 Å². The Bertz CT molecular complexity index is 1110. The Kier molecular flexibility index (Phi) is 10.6. The van der Waals surface area contributed by atoms with Gasteiger partial charge in [-0.1, -0.05) is 104 Å². The summed E-state index contributed by atoms with van der Waals surface area (Å²) in [4.78, 5) is 28.9. The Morgan fingerprint density at radius 3 is 2.19 bits per heavy atom. The summed E-state index contributed by atoms with van der Waals surface area (Å²) in [6.07, 6.45) is 0.477. The first-order valence-corrected chi connectivity index (χ1v) is 13.8. The highest BCUT2D eigenvalue weighted by atomic mass is 32.2. The van der Waals surface area contributed by atoms with Crippen molar-refractivity contribution in [3.63, 3.8) is 0 Å². The first-order valence-electron chi connectivity index (χ1n) is 12.6. The maximum absolute atomic E-state index is 13.7. The highest BCUT2D eigenvalue weighted by Crippen LogP contribution is 2.19. The van der Waals surface area contributed by atoms with E-state index < -0.39 is 6.04 Å². The summed E-state index contributed by atoms with van der Waals surface area (Å²) in [5, 5.41) is 3.08. The molecule has 0 aliphatic heterocycles. The number of aryl methyl sites for hydroxylation is 2. The van der Waals surface area contributed by atoms with Crippen LogP contribution in [0.3, 0.4) is 0 Å². The molecule has 0 saturated heterocycles. The summed E-state index contributed by atoms with van der Waals surface area (Å²) in [5.74, 6) is 1.29. The highest BCUT2D eigenvalue weighted by molar-refractivity contribution is 7.99. The molecular formula is C31H38N2O2S. The molecule has 0 aliphatic rings. The number of rotatable bonds is 12. The lowest BCUT2D eigenvalue weighted by atomic mass is 10.0. The second-order valence-corrected chi connectivity index (χ2v) is 10.8. The molecule has 0 fully saturated rings. The van der Waals surface area contributed by atoms with E-state index in [4.69, 9.17) is 0 Å². The van der Waals surface area contributed by atoms with Crippen LogP contribution < -0.4 is 5.32 Å². The van der Waals surface area contributed by atoms with Crippen LogP contribution in [0.1, 0.15) is 41.7 Å². The normalized spacial score (nSPS) is 11.8. The summed E-state index contributed by atoms with van der Waals surface area (Å²) in [6, 6.07) is 25.9. The van der Waals surface area contributed by atoms with Crippen LogP contribution in [0, 0.1) is 19.8 Å². The van der Waals surface area contributed by atoms with Crippen LogP contribution in [-0.4, -0.2) is 35.1 Å². The molecule has 3 aromatic rings. The number of amides is 2. The van der Waals surface area contributed by atoms with E-state index in [9.17, 15) is 9.59 Å². The third kappa shape index (κ3) is 8.87. The second kappa shape index (κ2) is 13.9. The number of hydrogen-bond donors (Lipinski definition) is 1. The minimum absolute atomic E-state index is 0.0192. The summed E-state index contributed by atoms with van der Waals surface area (Å²) < 4.78 is 0. The molecule has 1 N–H and O–H groups in total. The molecule has 3 aromatic carbocycles. The van der Waals surface area contributed by atoms with Crippen molar-refractivity contribution in [1.82, 2.24) is 10.2 Å². The largest absolute Gasteiger partial charge is 0.354 e. The number of thioether (sulfide) groups is 1. The Hall–Kier alpha value is -3.05. The molecule has 0 heterocycles. The fraction of sp³-hybridized carbons (Fsp3) is 0.355. The van der Waals surface area contributed by atoms with Crippen LogP contribution in [0.4, 0.5) is 0 Å². The lowest BCUT2D eigenvalue weighted by Crippen LogP contribution is -2.51. The van der Waals surface area contributed by atoms with Crippen molar-refractivity contribution in [1.29, 1.82) is 0 Å². The molecule has 2 amide bonds. The topological polar surface area (TPSA) is 49.4 Å². The number of benzene rings is 3. The van der Waals surface area contributed by atoms with Gasteiger partial charge < -0.3 is 10.2 Å². The number of nitrogens with zero attached hydrogens (tertiary/aromatic N) is 1. The van der Waals surface area contributed by atoms with Gasteiger partial charge in [-0.05, 0) is 36.5 Å². The first kappa shape index (κ1) is 27.5. The highest BCUT2D eigenvalue weighted by Gasteiger charge is 2.30. The van der Waals surface area contributed by atoms with Crippen LogP contribution in [0.5, 0.6) is 0 Å². The maximum Gasteiger partial charge on any atom is 0.243 e. The zero-order valence-corrected chi connectivity index (χ0v) is 22.7. The molecular weight excluding hydrogens is 464 g/mol. The molecule has 0 aliphatic carbocycles. The molecule has 4 nitrogen and oxygen atoms in total.